The number of carbonyl (C=O) groups excluding carboxylic acids is 1. The lowest BCUT2D eigenvalue weighted by molar-refractivity contribution is -0.133. The van der Waals surface area contributed by atoms with Crippen LogP contribution in [0.25, 0.3) is 0 Å². The van der Waals surface area contributed by atoms with E-state index in [1.54, 1.807) is 0 Å². The number of rotatable bonds is 7. The summed E-state index contributed by atoms with van der Waals surface area (Å²) in [5.74, 6) is 0.583. The standard InChI is InChI=1S/C16H26N2O.ClH/c1-4-13(3)12-18(5-2)16(19)15(17)11-14-9-7-6-8-10-14;/h6-10,13,15H,4-5,11-12,17H2,1-3H3;1H. The molecule has 114 valence electrons. The van der Waals surface area contributed by atoms with E-state index in [2.05, 4.69) is 13.8 Å². The van der Waals surface area contributed by atoms with Crippen LogP contribution in [0.2, 0.25) is 0 Å². The average molecular weight is 299 g/mol. The number of benzene rings is 1. The third-order valence-electron chi connectivity index (χ3n) is 3.54. The molecule has 0 saturated carbocycles. The minimum atomic E-state index is -0.439. The molecule has 0 aliphatic heterocycles. The van der Waals surface area contributed by atoms with Crippen molar-refractivity contribution in [1.82, 2.24) is 4.90 Å². The highest BCUT2D eigenvalue weighted by atomic mass is 35.5. The first-order valence-electron chi connectivity index (χ1n) is 7.16. The van der Waals surface area contributed by atoms with E-state index in [1.807, 2.05) is 42.2 Å². The fraction of sp³-hybridized carbons (Fsp3) is 0.562. The monoisotopic (exact) mass is 298 g/mol. The molecular weight excluding hydrogens is 272 g/mol. The molecule has 0 aliphatic rings. The van der Waals surface area contributed by atoms with Crippen LogP contribution in [0.1, 0.15) is 32.8 Å². The summed E-state index contributed by atoms with van der Waals surface area (Å²) in [7, 11) is 0. The Morgan fingerprint density at radius 1 is 1.25 bits per heavy atom. The summed E-state index contributed by atoms with van der Waals surface area (Å²) >= 11 is 0. The number of halogens is 1. The van der Waals surface area contributed by atoms with E-state index in [-0.39, 0.29) is 18.3 Å². The van der Waals surface area contributed by atoms with Gasteiger partial charge in [0.25, 0.3) is 0 Å². The quantitative estimate of drug-likeness (QED) is 0.841. The molecule has 0 aromatic heterocycles. The Bertz CT molecular complexity index is 383. The molecule has 1 aromatic rings. The van der Waals surface area contributed by atoms with Gasteiger partial charge in [-0.1, -0.05) is 50.6 Å². The van der Waals surface area contributed by atoms with Gasteiger partial charge in [-0.15, -0.1) is 12.4 Å². The number of likely N-dealkylation sites (N-methyl/N-ethyl adjacent to an activating group) is 1. The largest absolute Gasteiger partial charge is 0.341 e. The van der Waals surface area contributed by atoms with Gasteiger partial charge in [0, 0.05) is 13.1 Å². The van der Waals surface area contributed by atoms with Gasteiger partial charge in [0.2, 0.25) is 5.91 Å². The molecule has 2 N–H and O–H groups in total. The lowest BCUT2D eigenvalue weighted by atomic mass is 10.0. The summed E-state index contributed by atoms with van der Waals surface area (Å²) in [5, 5.41) is 0. The van der Waals surface area contributed by atoms with Crippen molar-refractivity contribution in [2.24, 2.45) is 11.7 Å². The number of hydrogen-bond donors (Lipinski definition) is 1. The SMILES string of the molecule is CCC(C)CN(CC)C(=O)C(N)Cc1ccccc1.Cl. The van der Waals surface area contributed by atoms with E-state index in [1.165, 1.54) is 0 Å². The van der Waals surface area contributed by atoms with E-state index in [9.17, 15) is 4.79 Å². The maximum Gasteiger partial charge on any atom is 0.239 e. The zero-order valence-corrected chi connectivity index (χ0v) is 13.5. The highest BCUT2D eigenvalue weighted by Gasteiger charge is 2.21. The molecule has 0 saturated heterocycles. The zero-order chi connectivity index (χ0) is 14.3. The normalized spacial score (nSPS) is 13.2. The Morgan fingerprint density at radius 2 is 1.85 bits per heavy atom. The summed E-state index contributed by atoms with van der Waals surface area (Å²) in [5.41, 5.74) is 7.17. The third-order valence-corrected chi connectivity index (χ3v) is 3.54. The molecule has 20 heavy (non-hydrogen) atoms. The molecule has 3 nitrogen and oxygen atoms in total. The van der Waals surface area contributed by atoms with Crippen molar-refractivity contribution in [1.29, 1.82) is 0 Å². The van der Waals surface area contributed by atoms with Gasteiger partial charge < -0.3 is 10.6 Å². The van der Waals surface area contributed by atoms with Crippen LogP contribution in [-0.2, 0) is 11.2 Å². The van der Waals surface area contributed by atoms with Crippen LogP contribution in [-0.4, -0.2) is 29.9 Å². The summed E-state index contributed by atoms with van der Waals surface area (Å²) in [6.07, 6.45) is 1.69. The Morgan fingerprint density at radius 3 is 2.35 bits per heavy atom. The van der Waals surface area contributed by atoms with Crippen LogP contribution in [0.5, 0.6) is 0 Å². The van der Waals surface area contributed by atoms with Gasteiger partial charge in [-0.2, -0.15) is 0 Å². The van der Waals surface area contributed by atoms with E-state index in [0.29, 0.717) is 12.3 Å². The Kier molecular flexibility index (Phi) is 9.26. The van der Waals surface area contributed by atoms with Gasteiger partial charge in [0.05, 0.1) is 6.04 Å². The first-order chi connectivity index (χ1) is 9.08. The summed E-state index contributed by atoms with van der Waals surface area (Å²) in [6.45, 7) is 7.85. The maximum atomic E-state index is 12.3. The van der Waals surface area contributed by atoms with Crippen LogP contribution >= 0.6 is 12.4 Å². The van der Waals surface area contributed by atoms with Crippen LogP contribution in [0, 0.1) is 5.92 Å². The van der Waals surface area contributed by atoms with E-state index in [0.717, 1.165) is 25.1 Å². The third kappa shape index (κ3) is 5.93. The molecule has 0 heterocycles. The smallest absolute Gasteiger partial charge is 0.239 e. The highest BCUT2D eigenvalue weighted by Crippen LogP contribution is 2.08. The number of amides is 1. The molecule has 4 heteroatoms. The first-order valence-corrected chi connectivity index (χ1v) is 7.16. The molecular formula is C16H27ClN2O. The number of hydrogen-bond acceptors (Lipinski definition) is 2. The first kappa shape index (κ1) is 18.9. The minimum Gasteiger partial charge on any atom is -0.341 e. The molecule has 1 amide bonds. The van der Waals surface area contributed by atoms with Crippen LogP contribution in [0.4, 0.5) is 0 Å². The Hall–Kier alpha value is -1.06. The second kappa shape index (κ2) is 9.78. The number of carbonyl (C=O) groups is 1. The lowest BCUT2D eigenvalue weighted by Crippen LogP contribution is -2.46. The van der Waals surface area contributed by atoms with Crippen LogP contribution in [0.15, 0.2) is 30.3 Å². The molecule has 0 aliphatic carbocycles. The predicted molar refractivity (Wildman–Crippen MR) is 87.1 cm³/mol. The van der Waals surface area contributed by atoms with Crippen LogP contribution in [0.3, 0.4) is 0 Å². The van der Waals surface area contributed by atoms with Crippen molar-refractivity contribution in [3.63, 3.8) is 0 Å². The van der Waals surface area contributed by atoms with Crippen molar-refractivity contribution in [2.45, 2.75) is 39.7 Å². The van der Waals surface area contributed by atoms with E-state index < -0.39 is 6.04 Å². The summed E-state index contributed by atoms with van der Waals surface area (Å²) < 4.78 is 0. The molecule has 0 radical (unpaired) electrons. The van der Waals surface area contributed by atoms with Gasteiger partial charge in [0.15, 0.2) is 0 Å². The number of nitrogens with zero attached hydrogens (tertiary/aromatic N) is 1. The maximum absolute atomic E-state index is 12.3. The van der Waals surface area contributed by atoms with Crippen molar-refractivity contribution >= 4 is 18.3 Å². The second-order valence-electron chi connectivity index (χ2n) is 5.19. The van der Waals surface area contributed by atoms with Gasteiger partial charge >= 0.3 is 0 Å². The van der Waals surface area contributed by atoms with Crippen molar-refractivity contribution in [3.05, 3.63) is 35.9 Å². The van der Waals surface area contributed by atoms with Gasteiger partial charge in [-0.3, -0.25) is 4.79 Å². The molecule has 1 rings (SSSR count). The minimum absolute atomic E-state index is 0. The fourth-order valence-electron chi connectivity index (χ4n) is 2.07. The molecule has 1 aromatic carbocycles. The van der Waals surface area contributed by atoms with Crippen LogP contribution < -0.4 is 5.73 Å². The van der Waals surface area contributed by atoms with Gasteiger partial charge in [0.1, 0.15) is 0 Å². The number of nitrogens with two attached hydrogens (primary N) is 1. The second-order valence-corrected chi connectivity index (χ2v) is 5.19. The molecule has 0 fully saturated rings. The van der Waals surface area contributed by atoms with Crippen molar-refractivity contribution in [3.8, 4) is 0 Å². The topological polar surface area (TPSA) is 46.3 Å². The molecule has 0 bridgehead atoms. The van der Waals surface area contributed by atoms with E-state index >= 15 is 0 Å². The molecule has 2 unspecified atom stereocenters. The molecule has 2 atom stereocenters. The summed E-state index contributed by atoms with van der Waals surface area (Å²) in [4.78, 5) is 14.2. The van der Waals surface area contributed by atoms with Gasteiger partial charge in [-0.05, 0) is 24.8 Å². The fourth-order valence-corrected chi connectivity index (χ4v) is 2.07. The average Bonchev–Trinajstić information content (AvgIpc) is 2.44. The van der Waals surface area contributed by atoms with Crippen molar-refractivity contribution in [2.75, 3.05) is 13.1 Å². The predicted octanol–water partition coefficient (Wildman–Crippen LogP) is 2.87. The Labute approximate surface area is 128 Å². The van der Waals surface area contributed by atoms with E-state index in [4.69, 9.17) is 5.73 Å². The molecule has 0 spiro atoms. The zero-order valence-electron chi connectivity index (χ0n) is 12.7. The lowest BCUT2D eigenvalue weighted by Gasteiger charge is -2.27. The highest BCUT2D eigenvalue weighted by molar-refractivity contribution is 5.85. The van der Waals surface area contributed by atoms with Gasteiger partial charge in [-0.25, -0.2) is 0 Å². The Balaban J connectivity index is 0.00000361. The summed E-state index contributed by atoms with van der Waals surface area (Å²) in [6, 6.07) is 9.51. The van der Waals surface area contributed by atoms with Crippen molar-refractivity contribution < 1.29 is 4.79 Å².